The molecule has 0 aromatic rings. The first-order valence-corrected chi connectivity index (χ1v) is 4.98. The number of rotatable bonds is 2. The van der Waals surface area contributed by atoms with Crippen molar-refractivity contribution in [3.05, 3.63) is 35.8 Å². The zero-order valence-corrected chi connectivity index (χ0v) is 8.48. The number of hydrogen-bond acceptors (Lipinski definition) is 4. The Bertz CT molecular complexity index is 354. The van der Waals surface area contributed by atoms with Crippen molar-refractivity contribution in [2.75, 3.05) is 6.61 Å². The minimum atomic E-state index is 0.318. The van der Waals surface area contributed by atoms with Crippen LogP contribution in [0.3, 0.4) is 0 Å². The van der Waals surface area contributed by atoms with Crippen molar-refractivity contribution >= 4 is 5.90 Å². The normalized spacial score (nSPS) is 22.8. The number of ether oxygens (including phenoxy) is 2. The predicted octanol–water partition coefficient (Wildman–Crippen LogP) is 1.81. The number of nitrogens with two attached hydrogens (primary N) is 1. The lowest BCUT2D eigenvalue weighted by molar-refractivity contribution is 0.210. The van der Waals surface area contributed by atoms with Crippen LogP contribution in [0.5, 0.6) is 0 Å². The molecule has 2 aliphatic rings. The van der Waals surface area contributed by atoms with Crippen LogP contribution in [0, 0.1) is 0 Å². The van der Waals surface area contributed by atoms with Crippen LogP contribution >= 0.6 is 0 Å². The molecule has 15 heavy (non-hydrogen) atoms. The van der Waals surface area contributed by atoms with Gasteiger partial charge < -0.3 is 15.3 Å². The Morgan fingerprint density at radius 2 is 2.40 bits per heavy atom. The van der Waals surface area contributed by atoms with E-state index in [2.05, 4.69) is 23.3 Å². The van der Waals surface area contributed by atoms with Crippen LogP contribution < -0.4 is 5.84 Å². The summed E-state index contributed by atoms with van der Waals surface area (Å²) in [7, 11) is 0. The van der Waals surface area contributed by atoms with Crippen LogP contribution in [0.1, 0.15) is 19.3 Å². The van der Waals surface area contributed by atoms with E-state index in [9.17, 15) is 0 Å². The quantitative estimate of drug-likeness (QED) is 0.553. The van der Waals surface area contributed by atoms with E-state index in [1.807, 2.05) is 0 Å². The second-order valence-electron chi connectivity index (χ2n) is 3.49. The molecular weight excluding hydrogens is 192 g/mol. The van der Waals surface area contributed by atoms with Gasteiger partial charge in [0.25, 0.3) is 0 Å². The largest absolute Gasteiger partial charge is 0.488 e. The smallest absolute Gasteiger partial charge is 0.249 e. The van der Waals surface area contributed by atoms with Crippen molar-refractivity contribution in [3.63, 3.8) is 0 Å². The molecule has 0 fully saturated rings. The zero-order chi connectivity index (χ0) is 10.5. The first-order valence-electron chi connectivity index (χ1n) is 4.98. The molecule has 4 heteroatoms. The van der Waals surface area contributed by atoms with Crippen molar-refractivity contribution < 1.29 is 9.47 Å². The summed E-state index contributed by atoms with van der Waals surface area (Å²) in [5.41, 5.74) is 1.34. The van der Waals surface area contributed by atoms with Crippen LogP contribution in [0.4, 0.5) is 0 Å². The molecule has 80 valence electrons. The average Bonchev–Trinajstić information content (AvgIpc) is 2.31. The molecule has 0 unspecified atom stereocenters. The van der Waals surface area contributed by atoms with E-state index >= 15 is 0 Å². The third kappa shape index (κ3) is 2.62. The van der Waals surface area contributed by atoms with Crippen LogP contribution in [0.2, 0.25) is 0 Å². The third-order valence-corrected chi connectivity index (χ3v) is 2.32. The van der Waals surface area contributed by atoms with Crippen molar-refractivity contribution in [1.82, 2.24) is 0 Å². The number of hydrogen-bond donors (Lipinski definition) is 1. The first-order chi connectivity index (χ1) is 7.38. The topological polar surface area (TPSA) is 56.8 Å². The molecule has 1 aliphatic heterocycles. The molecule has 0 spiro atoms. The van der Waals surface area contributed by atoms with Crippen LogP contribution in [0.25, 0.3) is 0 Å². The van der Waals surface area contributed by atoms with Gasteiger partial charge >= 0.3 is 0 Å². The van der Waals surface area contributed by atoms with Crippen molar-refractivity contribution in [1.29, 1.82) is 0 Å². The molecule has 0 atom stereocenters. The third-order valence-electron chi connectivity index (χ3n) is 2.32. The van der Waals surface area contributed by atoms with Gasteiger partial charge in [0.2, 0.25) is 5.90 Å². The molecule has 0 aromatic heterocycles. The summed E-state index contributed by atoms with van der Waals surface area (Å²) < 4.78 is 10.6. The molecule has 0 amide bonds. The lowest BCUT2D eigenvalue weighted by Gasteiger charge is -2.17. The summed E-state index contributed by atoms with van der Waals surface area (Å²) in [6, 6.07) is 0. The van der Waals surface area contributed by atoms with E-state index in [0.29, 0.717) is 12.5 Å². The van der Waals surface area contributed by atoms with E-state index in [-0.39, 0.29) is 0 Å². The average molecular weight is 206 g/mol. The summed E-state index contributed by atoms with van der Waals surface area (Å²) in [6.07, 6.45) is 10.9. The minimum Gasteiger partial charge on any atom is -0.488 e. The Kier molecular flexibility index (Phi) is 3.07. The van der Waals surface area contributed by atoms with Gasteiger partial charge in [-0.2, -0.15) is 0 Å². The maximum atomic E-state index is 5.43. The Hall–Kier alpha value is -1.71. The van der Waals surface area contributed by atoms with Gasteiger partial charge in [-0.05, 0) is 12.8 Å². The van der Waals surface area contributed by atoms with Crippen molar-refractivity contribution in [2.45, 2.75) is 19.3 Å². The van der Waals surface area contributed by atoms with E-state index < -0.39 is 0 Å². The Morgan fingerprint density at radius 1 is 1.47 bits per heavy atom. The Morgan fingerprint density at radius 3 is 3.13 bits per heavy atom. The zero-order valence-electron chi connectivity index (χ0n) is 8.48. The van der Waals surface area contributed by atoms with Gasteiger partial charge in [0, 0.05) is 6.42 Å². The molecule has 4 nitrogen and oxygen atoms in total. The molecular formula is C11H14N2O2. The van der Waals surface area contributed by atoms with Crippen LogP contribution in [-0.2, 0) is 9.47 Å². The molecule has 0 saturated carbocycles. The Balaban J connectivity index is 1.97. The second-order valence-corrected chi connectivity index (χ2v) is 3.49. The van der Waals surface area contributed by atoms with Crippen LogP contribution in [0.15, 0.2) is 40.9 Å². The number of hydrazone groups is 1. The first kappa shape index (κ1) is 9.83. The lowest BCUT2D eigenvalue weighted by atomic mass is 10.0. The maximum Gasteiger partial charge on any atom is 0.249 e. The molecule has 0 aromatic carbocycles. The van der Waals surface area contributed by atoms with Gasteiger partial charge in [0.1, 0.15) is 12.0 Å². The van der Waals surface area contributed by atoms with Gasteiger partial charge in [-0.25, -0.2) is 0 Å². The fourth-order valence-corrected chi connectivity index (χ4v) is 1.58. The lowest BCUT2D eigenvalue weighted by Crippen LogP contribution is -2.18. The highest BCUT2D eigenvalue weighted by Crippen LogP contribution is 2.22. The molecule has 0 bridgehead atoms. The molecule has 1 heterocycles. The number of nitrogens with zero attached hydrogens (tertiary/aromatic N) is 1. The summed E-state index contributed by atoms with van der Waals surface area (Å²) in [6.45, 7) is 0.318. The van der Waals surface area contributed by atoms with Crippen molar-refractivity contribution in [2.24, 2.45) is 10.9 Å². The van der Waals surface area contributed by atoms with Gasteiger partial charge in [-0.3, -0.25) is 0 Å². The molecule has 0 radical (unpaired) electrons. The molecule has 2 rings (SSSR count). The van der Waals surface area contributed by atoms with Gasteiger partial charge in [-0.1, -0.05) is 23.8 Å². The van der Waals surface area contributed by atoms with Crippen LogP contribution in [-0.4, -0.2) is 12.5 Å². The molecule has 1 aliphatic carbocycles. The van der Waals surface area contributed by atoms with E-state index in [4.69, 9.17) is 15.3 Å². The monoisotopic (exact) mass is 206 g/mol. The second kappa shape index (κ2) is 4.68. The summed E-state index contributed by atoms with van der Waals surface area (Å²) in [5.74, 6) is 6.33. The van der Waals surface area contributed by atoms with Gasteiger partial charge in [0.15, 0.2) is 6.61 Å². The van der Waals surface area contributed by atoms with Gasteiger partial charge in [-0.15, -0.1) is 5.10 Å². The predicted molar refractivity (Wildman–Crippen MR) is 57.8 cm³/mol. The maximum absolute atomic E-state index is 5.43. The number of allylic oxidation sites excluding steroid dienone is 4. The fourth-order valence-electron chi connectivity index (χ4n) is 1.58. The standard InChI is InChI=1S/C11H14N2O2/c12-13-11-8-14-7-10(15-11)6-9-4-2-1-3-5-9/h1-2,4,7H,3,5-6,8,12H2. The highest BCUT2D eigenvalue weighted by molar-refractivity contribution is 5.78. The van der Waals surface area contributed by atoms with E-state index in [1.165, 1.54) is 5.57 Å². The highest BCUT2D eigenvalue weighted by atomic mass is 16.6. The summed E-state index contributed by atoms with van der Waals surface area (Å²) in [4.78, 5) is 0. The Labute approximate surface area is 88.7 Å². The van der Waals surface area contributed by atoms with Gasteiger partial charge in [0.05, 0.1) is 0 Å². The summed E-state index contributed by atoms with van der Waals surface area (Å²) in [5, 5.41) is 3.49. The summed E-state index contributed by atoms with van der Waals surface area (Å²) >= 11 is 0. The van der Waals surface area contributed by atoms with Crippen molar-refractivity contribution in [3.8, 4) is 0 Å². The minimum absolute atomic E-state index is 0.318. The van der Waals surface area contributed by atoms with E-state index in [1.54, 1.807) is 6.26 Å². The SMILES string of the molecule is NN=C1COC=C(CC2=CC=CCC2)O1. The highest BCUT2D eigenvalue weighted by Gasteiger charge is 2.13. The molecule has 0 saturated heterocycles. The van der Waals surface area contributed by atoms with E-state index in [0.717, 1.165) is 25.0 Å². The molecule has 2 N–H and O–H groups in total. The fraction of sp³-hybridized carbons (Fsp3) is 0.364.